The third-order valence-electron chi connectivity index (χ3n) is 2.67. The van der Waals surface area contributed by atoms with E-state index in [4.69, 9.17) is 5.73 Å². The van der Waals surface area contributed by atoms with Crippen molar-refractivity contribution in [2.24, 2.45) is 0 Å². The number of hydrogen-bond acceptors (Lipinski definition) is 3. The highest BCUT2D eigenvalue weighted by molar-refractivity contribution is 5.91. The number of nitrogen functional groups attached to an aromatic ring is 1. The van der Waals surface area contributed by atoms with Crippen molar-refractivity contribution in [3.63, 3.8) is 0 Å². The maximum atomic E-state index is 13.0. The predicted octanol–water partition coefficient (Wildman–Crippen LogP) is 2.29. The molecule has 0 aliphatic carbocycles. The minimum absolute atomic E-state index is 0.100. The highest BCUT2D eigenvalue weighted by atomic mass is 19.1. The van der Waals surface area contributed by atoms with Crippen molar-refractivity contribution < 1.29 is 9.18 Å². The number of anilines is 2. The number of pyridine rings is 1. The van der Waals surface area contributed by atoms with Gasteiger partial charge >= 0.3 is 0 Å². The number of halogens is 1. The van der Waals surface area contributed by atoms with E-state index < -0.39 is 0 Å². The van der Waals surface area contributed by atoms with Crippen molar-refractivity contribution in [2.75, 3.05) is 11.1 Å². The second kappa shape index (κ2) is 5.48. The lowest BCUT2D eigenvalue weighted by molar-refractivity contribution is -0.115. The fraction of sp³-hybridized carbons (Fsp3) is 0.143. The Morgan fingerprint density at radius 1 is 1.42 bits per heavy atom. The number of aromatic nitrogens is 1. The van der Waals surface area contributed by atoms with Gasteiger partial charge in [0.25, 0.3) is 0 Å². The Labute approximate surface area is 110 Å². The van der Waals surface area contributed by atoms with Gasteiger partial charge in [-0.1, -0.05) is 12.1 Å². The predicted molar refractivity (Wildman–Crippen MR) is 72.1 cm³/mol. The van der Waals surface area contributed by atoms with Crippen LogP contribution in [-0.2, 0) is 11.2 Å². The monoisotopic (exact) mass is 259 g/mol. The number of amides is 1. The summed E-state index contributed by atoms with van der Waals surface area (Å²) in [6, 6.07) is 7.64. The highest BCUT2D eigenvalue weighted by Gasteiger charge is 2.06. The molecule has 0 atom stereocenters. The summed E-state index contributed by atoms with van der Waals surface area (Å²) in [5, 5.41) is 2.65. The number of aryl methyl sites for hydroxylation is 1. The van der Waals surface area contributed by atoms with Gasteiger partial charge in [-0.2, -0.15) is 0 Å². The molecule has 5 heteroatoms. The molecule has 1 heterocycles. The first-order valence-electron chi connectivity index (χ1n) is 5.81. The van der Waals surface area contributed by atoms with Crippen LogP contribution in [0.1, 0.15) is 11.1 Å². The van der Waals surface area contributed by atoms with Crippen LogP contribution in [0.15, 0.2) is 36.5 Å². The molecular formula is C14H14FN3O. The van der Waals surface area contributed by atoms with Crippen LogP contribution >= 0.6 is 0 Å². The van der Waals surface area contributed by atoms with Crippen molar-refractivity contribution in [1.29, 1.82) is 0 Å². The molecule has 0 radical (unpaired) electrons. The van der Waals surface area contributed by atoms with Gasteiger partial charge in [0.2, 0.25) is 5.91 Å². The van der Waals surface area contributed by atoms with E-state index in [-0.39, 0.29) is 18.1 Å². The average molecular weight is 259 g/mol. The number of carbonyl (C=O) groups excluding carboxylic acids is 1. The minimum Gasteiger partial charge on any atom is -0.397 e. The molecule has 2 rings (SSSR count). The second-order valence-electron chi connectivity index (χ2n) is 4.28. The SMILES string of the molecule is Cc1cc(NC(=O)Cc2cccc(F)c2)ncc1N. The normalized spacial score (nSPS) is 10.2. The maximum Gasteiger partial charge on any atom is 0.229 e. The lowest BCUT2D eigenvalue weighted by Gasteiger charge is -2.06. The molecule has 1 aromatic carbocycles. The van der Waals surface area contributed by atoms with E-state index in [0.717, 1.165) is 5.56 Å². The van der Waals surface area contributed by atoms with Gasteiger partial charge in [0, 0.05) is 0 Å². The van der Waals surface area contributed by atoms with Crippen LogP contribution in [0.2, 0.25) is 0 Å². The molecule has 0 unspecified atom stereocenters. The largest absolute Gasteiger partial charge is 0.397 e. The van der Waals surface area contributed by atoms with Crippen LogP contribution in [0.5, 0.6) is 0 Å². The Kier molecular flexibility index (Phi) is 3.75. The van der Waals surface area contributed by atoms with E-state index >= 15 is 0 Å². The van der Waals surface area contributed by atoms with Gasteiger partial charge in [0.1, 0.15) is 11.6 Å². The molecule has 19 heavy (non-hydrogen) atoms. The third kappa shape index (κ3) is 3.51. The number of rotatable bonds is 3. The van der Waals surface area contributed by atoms with Crippen LogP contribution < -0.4 is 11.1 Å². The van der Waals surface area contributed by atoms with Crippen LogP contribution in [0.25, 0.3) is 0 Å². The molecule has 1 aromatic heterocycles. The van der Waals surface area contributed by atoms with Crippen LogP contribution in [0.3, 0.4) is 0 Å². The standard InChI is InChI=1S/C14H14FN3O/c1-9-5-13(17-8-12(9)16)18-14(19)7-10-3-2-4-11(15)6-10/h2-6,8H,7,16H2,1H3,(H,17,18,19). The fourth-order valence-corrected chi connectivity index (χ4v) is 1.65. The van der Waals surface area contributed by atoms with Gasteiger partial charge in [-0.15, -0.1) is 0 Å². The van der Waals surface area contributed by atoms with Crippen molar-refractivity contribution in [3.05, 3.63) is 53.5 Å². The Hall–Kier alpha value is -2.43. The molecule has 0 fully saturated rings. The summed E-state index contributed by atoms with van der Waals surface area (Å²) < 4.78 is 13.0. The van der Waals surface area contributed by atoms with Gasteiger partial charge in [0.05, 0.1) is 18.3 Å². The Morgan fingerprint density at radius 3 is 2.89 bits per heavy atom. The molecule has 3 N–H and O–H groups in total. The van der Waals surface area contributed by atoms with E-state index in [1.165, 1.54) is 18.3 Å². The average Bonchev–Trinajstić information content (AvgIpc) is 2.34. The van der Waals surface area contributed by atoms with E-state index in [9.17, 15) is 9.18 Å². The lowest BCUT2D eigenvalue weighted by Crippen LogP contribution is -2.15. The first-order valence-corrected chi connectivity index (χ1v) is 5.81. The van der Waals surface area contributed by atoms with Crippen molar-refractivity contribution in [1.82, 2.24) is 4.98 Å². The summed E-state index contributed by atoms with van der Waals surface area (Å²) in [4.78, 5) is 15.8. The third-order valence-corrected chi connectivity index (χ3v) is 2.67. The molecule has 4 nitrogen and oxygen atoms in total. The van der Waals surface area contributed by atoms with Crippen LogP contribution in [-0.4, -0.2) is 10.9 Å². The van der Waals surface area contributed by atoms with Crippen molar-refractivity contribution in [2.45, 2.75) is 13.3 Å². The number of nitrogens with zero attached hydrogens (tertiary/aromatic N) is 1. The van der Waals surface area contributed by atoms with Crippen LogP contribution in [0.4, 0.5) is 15.9 Å². The molecular weight excluding hydrogens is 245 g/mol. The summed E-state index contributed by atoms with van der Waals surface area (Å²) >= 11 is 0. The smallest absolute Gasteiger partial charge is 0.229 e. The zero-order chi connectivity index (χ0) is 13.8. The summed E-state index contributed by atoms with van der Waals surface area (Å²) in [6.45, 7) is 1.83. The van der Waals surface area contributed by atoms with Crippen molar-refractivity contribution >= 4 is 17.4 Å². The first-order chi connectivity index (χ1) is 9.04. The lowest BCUT2D eigenvalue weighted by atomic mass is 10.1. The number of nitrogens with one attached hydrogen (secondary N) is 1. The van der Waals surface area contributed by atoms with E-state index in [1.807, 2.05) is 6.92 Å². The minimum atomic E-state index is -0.355. The maximum absolute atomic E-state index is 13.0. The zero-order valence-electron chi connectivity index (χ0n) is 10.5. The van der Waals surface area contributed by atoms with Gasteiger partial charge in [-0.05, 0) is 36.2 Å². The Bertz CT molecular complexity index is 613. The first kappa shape index (κ1) is 13.0. The molecule has 0 saturated carbocycles. The van der Waals surface area contributed by atoms with Gasteiger partial charge in [-0.3, -0.25) is 4.79 Å². The fourth-order valence-electron chi connectivity index (χ4n) is 1.65. The number of hydrogen-bond donors (Lipinski definition) is 2. The quantitative estimate of drug-likeness (QED) is 0.888. The molecule has 0 aliphatic rings. The van der Waals surface area contributed by atoms with Gasteiger partial charge in [0.15, 0.2) is 0 Å². The molecule has 0 saturated heterocycles. The van der Waals surface area contributed by atoms with E-state index in [2.05, 4.69) is 10.3 Å². The summed E-state index contributed by atoms with van der Waals surface area (Å²) in [5.41, 5.74) is 7.67. The molecule has 98 valence electrons. The highest BCUT2D eigenvalue weighted by Crippen LogP contribution is 2.13. The Morgan fingerprint density at radius 2 is 2.21 bits per heavy atom. The molecule has 1 amide bonds. The Balaban J connectivity index is 2.03. The number of nitrogens with two attached hydrogens (primary N) is 1. The number of carbonyl (C=O) groups is 1. The summed E-state index contributed by atoms with van der Waals surface area (Å²) in [7, 11) is 0. The van der Waals surface area contributed by atoms with Crippen molar-refractivity contribution in [3.8, 4) is 0 Å². The van der Waals surface area contributed by atoms with Gasteiger partial charge < -0.3 is 11.1 Å². The summed E-state index contributed by atoms with van der Waals surface area (Å²) in [5.74, 6) is -0.165. The zero-order valence-corrected chi connectivity index (χ0v) is 10.5. The van der Waals surface area contributed by atoms with E-state index in [0.29, 0.717) is 17.1 Å². The molecule has 2 aromatic rings. The second-order valence-corrected chi connectivity index (χ2v) is 4.28. The van der Waals surface area contributed by atoms with Crippen LogP contribution in [0, 0.1) is 12.7 Å². The number of benzene rings is 1. The molecule has 0 spiro atoms. The topological polar surface area (TPSA) is 68.0 Å². The summed E-state index contributed by atoms with van der Waals surface area (Å²) in [6.07, 6.45) is 1.59. The van der Waals surface area contributed by atoms with Gasteiger partial charge in [-0.25, -0.2) is 9.37 Å². The van der Waals surface area contributed by atoms with E-state index in [1.54, 1.807) is 18.2 Å². The molecule has 0 bridgehead atoms. The molecule has 0 aliphatic heterocycles.